The van der Waals surface area contributed by atoms with Crippen molar-refractivity contribution in [1.29, 1.82) is 0 Å². The standard InChI is InChI=1S/2C20H20F2N2O3/c1-11-3-4-12(9-23-11)5-13(25)6-15-16(10-24-20(15)26)19-17(21)7-14(27-2)8-18(19)22;1-11-3-4-12(23-9-11)5-13(25)6-15-16(10-24-20(15)26)19-17(21)7-14(27-2)8-18(19)22/h2*3-4,7-9,15-16H,5-6,10H2,1-2H3,(H,24,26)/t2*15-,16+/m00/s1. The van der Waals surface area contributed by atoms with E-state index in [2.05, 4.69) is 20.6 Å². The van der Waals surface area contributed by atoms with E-state index < -0.39 is 46.9 Å². The summed E-state index contributed by atoms with van der Waals surface area (Å²) in [7, 11) is 2.63. The van der Waals surface area contributed by atoms with E-state index in [0.29, 0.717) is 5.69 Å². The molecule has 0 spiro atoms. The third-order valence-electron chi connectivity index (χ3n) is 9.58. The highest BCUT2D eigenvalue weighted by molar-refractivity contribution is 5.90. The van der Waals surface area contributed by atoms with Crippen LogP contribution >= 0.6 is 0 Å². The Bertz CT molecular complexity index is 1840. The first kappa shape index (κ1) is 39.5. The van der Waals surface area contributed by atoms with Crippen LogP contribution in [-0.4, -0.2) is 60.7 Å². The van der Waals surface area contributed by atoms with Gasteiger partial charge in [0.2, 0.25) is 11.8 Å². The van der Waals surface area contributed by atoms with Crippen molar-refractivity contribution in [2.75, 3.05) is 27.3 Å². The van der Waals surface area contributed by atoms with Gasteiger partial charge in [-0.25, -0.2) is 17.6 Å². The lowest BCUT2D eigenvalue weighted by Crippen LogP contribution is -2.23. The highest BCUT2D eigenvalue weighted by Gasteiger charge is 2.41. The van der Waals surface area contributed by atoms with E-state index in [1.165, 1.54) is 14.2 Å². The van der Waals surface area contributed by atoms with E-state index in [1.807, 2.05) is 19.9 Å². The Morgan fingerprint density at radius 1 is 0.685 bits per heavy atom. The Kier molecular flexibility index (Phi) is 12.8. The Balaban J connectivity index is 0.000000208. The number of aryl methyl sites for hydroxylation is 2. The molecule has 2 aliphatic rings. The molecule has 4 aromatic rings. The van der Waals surface area contributed by atoms with Crippen molar-refractivity contribution < 1.29 is 46.2 Å². The maximum atomic E-state index is 14.4. The average molecular weight is 749 g/mol. The fourth-order valence-corrected chi connectivity index (χ4v) is 6.75. The number of benzene rings is 2. The minimum atomic E-state index is -0.819. The number of amides is 2. The number of carbonyl (C=O) groups is 4. The topological polar surface area (TPSA) is 137 Å². The highest BCUT2D eigenvalue weighted by Crippen LogP contribution is 2.38. The van der Waals surface area contributed by atoms with E-state index in [0.717, 1.165) is 41.1 Å². The predicted molar refractivity (Wildman–Crippen MR) is 189 cm³/mol. The number of aromatic nitrogens is 2. The average Bonchev–Trinajstić information content (AvgIpc) is 3.66. The lowest BCUT2D eigenvalue weighted by atomic mass is 9.84. The van der Waals surface area contributed by atoms with Gasteiger partial charge in [-0.15, -0.1) is 0 Å². The maximum absolute atomic E-state index is 14.4. The van der Waals surface area contributed by atoms with Crippen molar-refractivity contribution in [2.24, 2.45) is 11.8 Å². The number of hydrogen-bond donors (Lipinski definition) is 2. The summed E-state index contributed by atoms with van der Waals surface area (Å²) in [6.07, 6.45) is 3.28. The number of pyridine rings is 2. The van der Waals surface area contributed by atoms with Crippen molar-refractivity contribution in [3.63, 3.8) is 0 Å². The molecule has 284 valence electrons. The summed E-state index contributed by atoms with van der Waals surface area (Å²) >= 11 is 0. The zero-order valence-corrected chi connectivity index (χ0v) is 30.2. The van der Waals surface area contributed by atoms with Gasteiger partial charge in [0.05, 0.1) is 26.1 Å². The van der Waals surface area contributed by atoms with Crippen LogP contribution in [-0.2, 0) is 32.0 Å². The number of halogens is 4. The molecule has 2 aromatic carbocycles. The van der Waals surface area contributed by atoms with Gasteiger partial charge in [0.15, 0.2) is 0 Å². The second-order valence-corrected chi connectivity index (χ2v) is 13.4. The number of ether oxygens (including phenoxy) is 2. The Morgan fingerprint density at radius 2 is 1.17 bits per heavy atom. The molecule has 0 radical (unpaired) electrons. The summed E-state index contributed by atoms with van der Waals surface area (Å²) in [4.78, 5) is 57.5. The molecule has 2 saturated heterocycles. The number of carbonyl (C=O) groups excluding carboxylic acids is 4. The molecular formula is C40H40F4N4O6. The first-order chi connectivity index (χ1) is 25.8. The van der Waals surface area contributed by atoms with Crippen LogP contribution in [0.3, 0.4) is 0 Å². The number of nitrogens with one attached hydrogen (secondary N) is 2. The lowest BCUT2D eigenvalue weighted by Gasteiger charge is -2.18. The number of ketones is 2. The molecule has 0 unspecified atom stereocenters. The molecule has 4 atom stereocenters. The van der Waals surface area contributed by atoms with Crippen LogP contribution in [0.15, 0.2) is 60.9 Å². The summed E-state index contributed by atoms with van der Waals surface area (Å²) in [5.41, 5.74) is 2.77. The van der Waals surface area contributed by atoms with Crippen LogP contribution in [0.2, 0.25) is 0 Å². The van der Waals surface area contributed by atoms with E-state index in [1.54, 1.807) is 30.6 Å². The molecule has 2 fully saturated rings. The minimum absolute atomic E-state index is 0.0594. The van der Waals surface area contributed by atoms with Gasteiger partial charge in [0.1, 0.15) is 46.3 Å². The van der Waals surface area contributed by atoms with Gasteiger partial charge in [-0.3, -0.25) is 29.1 Å². The summed E-state index contributed by atoms with van der Waals surface area (Å²) in [5.74, 6) is -7.27. The second-order valence-electron chi connectivity index (χ2n) is 13.4. The molecule has 2 aromatic heterocycles. The van der Waals surface area contributed by atoms with Crippen LogP contribution in [0.4, 0.5) is 17.6 Å². The van der Waals surface area contributed by atoms with Crippen LogP contribution < -0.4 is 20.1 Å². The van der Waals surface area contributed by atoms with Gasteiger partial charge in [-0.2, -0.15) is 0 Å². The maximum Gasteiger partial charge on any atom is 0.224 e. The Labute approximate surface area is 309 Å². The summed E-state index contributed by atoms with van der Waals surface area (Å²) < 4.78 is 67.4. The van der Waals surface area contributed by atoms with Gasteiger partial charge in [-0.05, 0) is 37.1 Å². The SMILES string of the molecule is COc1cc(F)c([C@@H]2CNC(=O)[C@H]2CC(=O)Cc2ccc(C)cn2)c(F)c1.COc1cc(F)c([C@@H]2CNC(=O)[C@H]2CC(=O)Cc2ccc(C)nc2)c(F)c1. The largest absolute Gasteiger partial charge is 0.497 e. The van der Waals surface area contributed by atoms with Crippen LogP contribution in [0.5, 0.6) is 11.5 Å². The molecule has 0 aliphatic carbocycles. The van der Waals surface area contributed by atoms with E-state index in [-0.39, 0.29) is 84.8 Å². The van der Waals surface area contributed by atoms with Gasteiger partial charge in [0.25, 0.3) is 0 Å². The lowest BCUT2D eigenvalue weighted by molar-refractivity contribution is -0.127. The van der Waals surface area contributed by atoms with Crippen LogP contribution in [0, 0.1) is 49.0 Å². The zero-order chi connectivity index (χ0) is 39.1. The van der Waals surface area contributed by atoms with Crippen LogP contribution in [0.25, 0.3) is 0 Å². The molecule has 10 nitrogen and oxygen atoms in total. The van der Waals surface area contributed by atoms with Crippen molar-refractivity contribution in [3.05, 3.63) is 118 Å². The molecule has 6 rings (SSSR count). The smallest absolute Gasteiger partial charge is 0.224 e. The van der Waals surface area contributed by atoms with Gasteiger partial charge < -0.3 is 20.1 Å². The van der Waals surface area contributed by atoms with Gasteiger partial charge in [0, 0.05) is 110 Å². The molecule has 0 bridgehead atoms. The van der Waals surface area contributed by atoms with E-state index >= 15 is 0 Å². The Hall–Kier alpha value is -5.66. The molecule has 2 N–H and O–H groups in total. The second kappa shape index (κ2) is 17.4. The molecule has 0 saturated carbocycles. The summed E-state index contributed by atoms with van der Waals surface area (Å²) in [6.45, 7) is 3.91. The highest BCUT2D eigenvalue weighted by atomic mass is 19.1. The van der Waals surface area contributed by atoms with Crippen molar-refractivity contribution >= 4 is 23.4 Å². The number of nitrogens with zero attached hydrogens (tertiary/aromatic N) is 2. The summed E-state index contributed by atoms with van der Waals surface area (Å²) in [5, 5.41) is 5.22. The number of methoxy groups -OCH3 is 2. The zero-order valence-electron chi connectivity index (χ0n) is 30.2. The van der Waals surface area contributed by atoms with Crippen molar-refractivity contribution in [1.82, 2.24) is 20.6 Å². The number of rotatable bonds is 12. The third-order valence-corrected chi connectivity index (χ3v) is 9.58. The van der Waals surface area contributed by atoms with Crippen molar-refractivity contribution in [3.8, 4) is 11.5 Å². The van der Waals surface area contributed by atoms with Crippen LogP contribution in [0.1, 0.15) is 58.3 Å². The number of Topliss-reactive ketones (excluding diaryl/α,β-unsaturated/α-hetero) is 2. The first-order valence-corrected chi connectivity index (χ1v) is 17.3. The monoisotopic (exact) mass is 748 g/mol. The molecule has 4 heterocycles. The Morgan fingerprint density at radius 3 is 1.57 bits per heavy atom. The fourth-order valence-electron chi connectivity index (χ4n) is 6.75. The number of hydrogen-bond acceptors (Lipinski definition) is 8. The van der Waals surface area contributed by atoms with Crippen molar-refractivity contribution in [2.45, 2.75) is 51.4 Å². The molecule has 2 aliphatic heterocycles. The molecule has 2 amide bonds. The third kappa shape index (κ3) is 9.46. The van der Waals surface area contributed by atoms with E-state index in [4.69, 9.17) is 9.47 Å². The quantitative estimate of drug-likeness (QED) is 0.184. The van der Waals surface area contributed by atoms with E-state index in [9.17, 15) is 36.7 Å². The normalized spacial score (nSPS) is 19.0. The fraction of sp³-hybridized carbons (Fsp3) is 0.350. The van der Waals surface area contributed by atoms with Gasteiger partial charge in [-0.1, -0.05) is 12.1 Å². The summed E-state index contributed by atoms with van der Waals surface area (Å²) in [6, 6.07) is 11.5. The first-order valence-electron chi connectivity index (χ1n) is 17.3. The van der Waals surface area contributed by atoms with Gasteiger partial charge >= 0.3 is 0 Å². The predicted octanol–water partition coefficient (Wildman–Crippen LogP) is 5.42. The minimum Gasteiger partial charge on any atom is -0.497 e. The molecular weight excluding hydrogens is 708 g/mol. The molecule has 14 heteroatoms. The molecule has 54 heavy (non-hydrogen) atoms.